The van der Waals surface area contributed by atoms with Gasteiger partial charge in [0.05, 0.1) is 101 Å². The zero-order valence-electron chi connectivity index (χ0n) is 50.4. The number of nitrogens with zero attached hydrogens (tertiary/aromatic N) is 8. The average Bonchev–Trinajstić information content (AvgIpc) is 1.55. The zero-order valence-corrected chi connectivity index (χ0v) is 50.4. The van der Waals surface area contributed by atoms with E-state index in [1.54, 1.807) is 0 Å². The first-order valence-corrected chi connectivity index (χ1v) is 31.8. The second-order valence-electron chi connectivity index (χ2n) is 24.6. The topological polar surface area (TPSA) is 77.2 Å². The Kier molecular flexibility index (Phi) is 10.8. The van der Waals surface area contributed by atoms with Crippen LogP contribution >= 0.6 is 0 Å². The molecule has 0 fully saturated rings. The van der Waals surface area contributed by atoms with Crippen molar-refractivity contribution in [1.82, 2.24) is 27.4 Å². The number of benzene rings is 14. The van der Waals surface area contributed by atoms with Gasteiger partial charge in [0.1, 0.15) is 0 Å². The first kappa shape index (κ1) is 51.7. The third-order valence-corrected chi connectivity index (χ3v) is 19.8. The molecule has 0 aliphatic heterocycles. The molecule has 0 atom stereocenters. The minimum Gasteiger partial charge on any atom is -0.309 e. The van der Waals surface area contributed by atoms with Crippen molar-refractivity contribution in [2.24, 2.45) is 0 Å². The van der Waals surface area contributed by atoms with Crippen LogP contribution in [0, 0.1) is 22.7 Å². The highest BCUT2D eigenvalue weighted by Crippen LogP contribution is 2.47. The van der Waals surface area contributed by atoms with Crippen LogP contribution in [0.3, 0.4) is 0 Å². The highest BCUT2D eigenvalue weighted by Gasteiger charge is 2.27. The molecule has 6 aromatic heterocycles. The Morgan fingerprint density at radius 1 is 0.191 bits per heavy atom. The maximum absolute atomic E-state index is 11.6. The van der Waals surface area contributed by atoms with Crippen LogP contribution < -0.4 is 0 Å². The van der Waals surface area contributed by atoms with E-state index in [2.05, 4.69) is 313 Å². The van der Waals surface area contributed by atoms with Crippen molar-refractivity contribution in [1.29, 1.82) is 10.5 Å². The van der Waals surface area contributed by atoms with E-state index in [9.17, 15) is 10.5 Å². The fraction of sp³-hybridized carbons (Fsp3) is 0. The molecular formula is C86H50N8. The number of fused-ring (bicyclic) bond motifs is 18. The van der Waals surface area contributed by atoms with Crippen molar-refractivity contribution in [3.05, 3.63) is 314 Å². The van der Waals surface area contributed by atoms with E-state index in [0.29, 0.717) is 11.1 Å². The summed E-state index contributed by atoms with van der Waals surface area (Å²) in [4.78, 5) is 0. The van der Waals surface area contributed by atoms with Crippen LogP contribution in [0.2, 0.25) is 0 Å². The van der Waals surface area contributed by atoms with Crippen LogP contribution in [-0.2, 0) is 0 Å². The molecule has 0 aliphatic rings. The molecule has 14 aromatic carbocycles. The second kappa shape index (κ2) is 19.7. The first-order valence-electron chi connectivity index (χ1n) is 31.8. The van der Waals surface area contributed by atoms with E-state index < -0.39 is 0 Å². The summed E-state index contributed by atoms with van der Waals surface area (Å²) in [5.41, 5.74) is 21.3. The lowest BCUT2D eigenvalue weighted by Crippen LogP contribution is -2.05. The molecule has 8 heteroatoms. The summed E-state index contributed by atoms with van der Waals surface area (Å²) in [6.07, 6.45) is 0. The Morgan fingerprint density at radius 2 is 0.436 bits per heavy atom. The molecule has 0 bridgehead atoms. The van der Waals surface area contributed by atoms with E-state index in [0.717, 1.165) is 133 Å². The van der Waals surface area contributed by atoms with Crippen LogP contribution in [0.15, 0.2) is 303 Å². The molecule has 0 N–H and O–H groups in total. The van der Waals surface area contributed by atoms with Gasteiger partial charge in [-0.15, -0.1) is 0 Å². The number of hydrogen-bond acceptors (Lipinski definition) is 2. The highest BCUT2D eigenvalue weighted by molar-refractivity contribution is 6.17. The summed E-state index contributed by atoms with van der Waals surface area (Å²) >= 11 is 0. The van der Waals surface area contributed by atoms with Crippen molar-refractivity contribution in [2.45, 2.75) is 0 Å². The summed E-state index contributed by atoms with van der Waals surface area (Å²) in [6.45, 7) is 0. The molecule has 434 valence electrons. The van der Waals surface area contributed by atoms with Gasteiger partial charge in [-0.05, 0) is 151 Å². The fourth-order valence-electron chi connectivity index (χ4n) is 15.9. The van der Waals surface area contributed by atoms with Gasteiger partial charge in [-0.25, -0.2) is 0 Å². The Bertz CT molecular complexity index is 5850. The lowest BCUT2D eigenvalue weighted by molar-refractivity contribution is 1.12. The van der Waals surface area contributed by atoms with Crippen molar-refractivity contribution < 1.29 is 0 Å². The van der Waals surface area contributed by atoms with Crippen LogP contribution in [0.25, 0.3) is 176 Å². The highest BCUT2D eigenvalue weighted by atomic mass is 15.1. The van der Waals surface area contributed by atoms with Crippen LogP contribution in [-0.4, -0.2) is 27.4 Å². The SMILES string of the molecule is N#Cc1cccc(-c2c(-n3c4ccc(-n5c6ccccc6c6ccccc65)cc4c4cc(-n5c6ccccc6c6ccccc65)ccc43)cc(C#N)cc2-n2c3ccc(-n4c5ccccc5c5ccccc54)cc3c3cc(-n4c5ccccc5c5ccccc54)ccc32)c1. The van der Waals surface area contributed by atoms with E-state index in [4.69, 9.17) is 0 Å². The number of para-hydroxylation sites is 8. The molecule has 0 radical (unpaired) electrons. The molecule has 0 unspecified atom stereocenters. The number of nitriles is 2. The van der Waals surface area contributed by atoms with Crippen LogP contribution in [0.5, 0.6) is 0 Å². The average molecular weight is 1200 g/mol. The van der Waals surface area contributed by atoms with Gasteiger partial charge in [-0.3, -0.25) is 0 Å². The Balaban J connectivity index is 0.906. The monoisotopic (exact) mass is 1190 g/mol. The second-order valence-corrected chi connectivity index (χ2v) is 24.6. The number of aromatic nitrogens is 6. The van der Waals surface area contributed by atoms with Crippen molar-refractivity contribution in [3.8, 4) is 57.4 Å². The summed E-state index contributed by atoms with van der Waals surface area (Å²) in [6, 6.07) is 114. The Hall–Kier alpha value is -13.1. The molecule has 0 saturated carbocycles. The fourth-order valence-corrected chi connectivity index (χ4v) is 15.9. The summed E-state index contributed by atoms with van der Waals surface area (Å²) in [5.74, 6) is 0. The van der Waals surface area contributed by atoms with E-state index >= 15 is 0 Å². The third kappa shape index (κ3) is 7.25. The Labute approximate surface area is 537 Å². The molecule has 20 rings (SSSR count). The maximum Gasteiger partial charge on any atom is 0.0993 e. The maximum atomic E-state index is 11.6. The van der Waals surface area contributed by atoms with Gasteiger partial charge in [0.2, 0.25) is 0 Å². The summed E-state index contributed by atoms with van der Waals surface area (Å²) in [7, 11) is 0. The molecule has 20 aromatic rings. The van der Waals surface area contributed by atoms with Crippen molar-refractivity contribution >= 4 is 131 Å². The number of hydrogen-bond donors (Lipinski definition) is 0. The van der Waals surface area contributed by atoms with Crippen LogP contribution in [0.4, 0.5) is 0 Å². The van der Waals surface area contributed by atoms with E-state index in [-0.39, 0.29) is 0 Å². The predicted octanol–water partition coefficient (Wildman–Crippen LogP) is 21.7. The van der Waals surface area contributed by atoms with Crippen molar-refractivity contribution in [2.75, 3.05) is 0 Å². The normalized spacial score (nSPS) is 12.0. The largest absolute Gasteiger partial charge is 0.309 e. The molecular weight excluding hydrogens is 1150 g/mol. The lowest BCUT2D eigenvalue weighted by atomic mass is 9.97. The Morgan fingerprint density at radius 3 is 0.691 bits per heavy atom. The van der Waals surface area contributed by atoms with Gasteiger partial charge in [0, 0.05) is 92.9 Å². The smallest absolute Gasteiger partial charge is 0.0993 e. The standard InChI is InChI=1S/C86H50N8/c87-51-53-18-17-19-55(44-53)86-84(93-80-40-36-56(89-72-28-9-1-20-60(72)61-21-2-10-29-73(61)89)47-68(80)69-48-57(37-41-81(69)93)90-74-30-11-3-22-62(74)63-23-4-12-31-75(63)90)45-54(52-88)46-85(86)94-82-42-38-58(91-76-32-13-5-24-64(76)65-25-6-14-33-77(65)91)49-70(82)71-50-59(39-43-83(71)94)92-78-34-15-7-26-66(78)67-27-8-16-35-79(67)92/h1-50H. The van der Waals surface area contributed by atoms with Gasteiger partial charge in [0.15, 0.2) is 0 Å². The first-order chi connectivity index (χ1) is 46.6. The zero-order chi connectivity index (χ0) is 61.9. The predicted molar refractivity (Wildman–Crippen MR) is 387 cm³/mol. The summed E-state index contributed by atoms with van der Waals surface area (Å²) in [5, 5.41) is 36.1. The molecule has 0 saturated heterocycles. The molecule has 0 amide bonds. The quantitative estimate of drug-likeness (QED) is 0.159. The van der Waals surface area contributed by atoms with Gasteiger partial charge in [-0.2, -0.15) is 10.5 Å². The van der Waals surface area contributed by atoms with Gasteiger partial charge in [0.25, 0.3) is 0 Å². The van der Waals surface area contributed by atoms with Crippen molar-refractivity contribution in [3.63, 3.8) is 0 Å². The molecule has 6 heterocycles. The minimum atomic E-state index is 0.489. The molecule has 0 aliphatic carbocycles. The van der Waals surface area contributed by atoms with E-state index in [1.165, 1.54) is 43.1 Å². The molecule has 0 spiro atoms. The van der Waals surface area contributed by atoms with Gasteiger partial charge < -0.3 is 27.4 Å². The molecule has 8 nitrogen and oxygen atoms in total. The van der Waals surface area contributed by atoms with Gasteiger partial charge in [-0.1, -0.05) is 158 Å². The third-order valence-electron chi connectivity index (χ3n) is 19.8. The molecule has 94 heavy (non-hydrogen) atoms. The lowest BCUT2D eigenvalue weighted by Gasteiger charge is -2.21. The number of rotatable bonds is 7. The van der Waals surface area contributed by atoms with Crippen LogP contribution in [0.1, 0.15) is 11.1 Å². The van der Waals surface area contributed by atoms with Gasteiger partial charge >= 0.3 is 0 Å². The van der Waals surface area contributed by atoms with E-state index in [1.807, 2.05) is 30.3 Å². The minimum absolute atomic E-state index is 0.489. The summed E-state index contributed by atoms with van der Waals surface area (Å²) < 4.78 is 14.3.